The molecular formula is C21H20N2O5S. The highest BCUT2D eigenvalue weighted by molar-refractivity contribution is 7.89. The van der Waals surface area contributed by atoms with Crippen molar-refractivity contribution in [3.8, 4) is 17.2 Å². The van der Waals surface area contributed by atoms with Crippen LogP contribution in [0.1, 0.15) is 6.42 Å². The normalized spacial score (nSPS) is 19.4. The molecule has 0 saturated carbocycles. The lowest BCUT2D eigenvalue weighted by molar-refractivity contribution is 0.171. The minimum Gasteiger partial charge on any atom is -0.487 e. The van der Waals surface area contributed by atoms with Crippen LogP contribution < -0.4 is 14.2 Å². The van der Waals surface area contributed by atoms with Gasteiger partial charge in [0.2, 0.25) is 10.0 Å². The van der Waals surface area contributed by atoms with Gasteiger partial charge in [0.15, 0.2) is 11.5 Å². The van der Waals surface area contributed by atoms with Crippen LogP contribution in [0.25, 0.3) is 10.9 Å². The third-order valence-electron chi connectivity index (χ3n) is 5.15. The first-order valence-electron chi connectivity index (χ1n) is 9.51. The molecule has 7 nitrogen and oxygen atoms in total. The summed E-state index contributed by atoms with van der Waals surface area (Å²) in [6, 6.07) is 14.4. The molecule has 1 fully saturated rings. The average molecular weight is 412 g/mol. The van der Waals surface area contributed by atoms with Gasteiger partial charge in [-0.2, -0.15) is 4.31 Å². The number of pyridine rings is 1. The van der Waals surface area contributed by atoms with Gasteiger partial charge < -0.3 is 14.2 Å². The Hall–Kier alpha value is -2.84. The molecule has 150 valence electrons. The zero-order chi connectivity index (χ0) is 19.8. The van der Waals surface area contributed by atoms with Gasteiger partial charge in [0.25, 0.3) is 0 Å². The molecule has 29 heavy (non-hydrogen) atoms. The Morgan fingerprint density at radius 1 is 1.03 bits per heavy atom. The maximum absolute atomic E-state index is 13.1. The predicted octanol–water partition coefficient (Wildman–Crippen LogP) is 2.85. The van der Waals surface area contributed by atoms with Gasteiger partial charge in [0.05, 0.1) is 11.4 Å². The standard InChI is InChI=1S/C21H20N2O5S/c24-29(25,17-6-7-18-20(13-17)27-12-11-26-18)23-10-8-16(14-23)28-19-5-1-3-15-4-2-9-22-21(15)19/h1-7,9,13,16H,8,10-12,14H2/t16-/m0/s1. The smallest absolute Gasteiger partial charge is 0.243 e. The molecule has 0 radical (unpaired) electrons. The first-order valence-corrected chi connectivity index (χ1v) is 11.0. The third kappa shape index (κ3) is 3.38. The number of hydrogen-bond donors (Lipinski definition) is 0. The van der Waals surface area contributed by atoms with Crippen LogP contribution in [-0.2, 0) is 10.0 Å². The largest absolute Gasteiger partial charge is 0.487 e. The summed E-state index contributed by atoms with van der Waals surface area (Å²) in [4.78, 5) is 4.60. The second-order valence-electron chi connectivity index (χ2n) is 7.03. The van der Waals surface area contributed by atoms with Crippen molar-refractivity contribution < 1.29 is 22.6 Å². The second kappa shape index (κ2) is 7.20. The quantitative estimate of drug-likeness (QED) is 0.656. The molecule has 1 aromatic heterocycles. The highest BCUT2D eigenvalue weighted by atomic mass is 32.2. The first-order chi connectivity index (χ1) is 14.1. The SMILES string of the molecule is O=S(=O)(c1ccc2c(c1)OCCO2)N1CC[C@H](Oc2cccc3cccnc23)C1. The summed E-state index contributed by atoms with van der Waals surface area (Å²) in [5, 5.41) is 0.990. The van der Waals surface area contributed by atoms with E-state index in [1.807, 2.05) is 30.3 Å². The summed E-state index contributed by atoms with van der Waals surface area (Å²) in [6.45, 7) is 1.57. The number of para-hydroxylation sites is 1. The van der Waals surface area contributed by atoms with Gasteiger partial charge in [-0.25, -0.2) is 8.42 Å². The topological polar surface area (TPSA) is 78.0 Å². The lowest BCUT2D eigenvalue weighted by Gasteiger charge is -2.21. The first kappa shape index (κ1) is 18.2. The number of nitrogens with zero attached hydrogens (tertiary/aromatic N) is 2. The average Bonchev–Trinajstić information content (AvgIpc) is 3.23. The van der Waals surface area contributed by atoms with Gasteiger partial charge in [-0.15, -0.1) is 0 Å². The minimum absolute atomic E-state index is 0.203. The zero-order valence-corrected chi connectivity index (χ0v) is 16.5. The van der Waals surface area contributed by atoms with Crippen molar-refractivity contribution >= 4 is 20.9 Å². The third-order valence-corrected chi connectivity index (χ3v) is 7.01. The van der Waals surface area contributed by atoms with Gasteiger partial charge in [-0.1, -0.05) is 18.2 Å². The molecule has 5 rings (SSSR count). The second-order valence-corrected chi connectivity index (χ2v) is 8.97. The molecule has 8 heteroatoms. The van der Waals surface area contributed by atoms with E-state index in [1.165, 1.54) is 10.4 Å². The lowest BCUT2D eigenvalue weighted by atomic mass is 10.2. The van der Waals surface area contributed by atoms with Crippen molar-refractivity contribution in [2.24, 2.45) is 0 Å². The number of fused-ring (bicyclic) bond motifs is 2. The highest BCUT2D eigenvalue weighted by Gasteiger charge is 2.34. The van der Waals surface area contributed by atoms with Crippen molar-refractivity contribution in [1.29, 1.82) is 0 Å². The predicted molar refractivity (Wildman–Crippen MR) is 107 cm³/mol. The molecule has 3 heterocycles. The molecular weight excluding hydrogens is 392 g/mol. The fourth-order valence-corrected chi connectivity index (χ4v) is 5.20. The molecule has 1 atom stereocenters. The van der Waals surface area contributed by atoms with Crippen molar-refractivity contribution in [3.63, 3.8) is 0 Å². The van der Waals surface area contributed by atoms with Crippen molar-refractivity contribution in [1.82, 2.24) is 9.29 Å². The van der Waals surface area contributed by atoms with Gasteiger partial charge in [-0.3, -0.25) is 4.98 Å². The van der Waals surface area contributed by atoms with E-state index in [1.54, 1.807) is 18.3 Å². The number of aromatic nitrogens is 1. The molecule has 0 N–H and O–H groups in total. The van der Waals surface area contributed by atoms with E-state index in [-0.39, 0.29) is 11.0 Å². The molecule has 0 aliphatic carbocycles. The Bertz CT molecular complexity index is 1160. The van der Waals surface area contributed by atoms with Crippen LogP contribution in [-0.4, -0.2) is 50.1 Å². The van der Waals surface area contributed by atoms with Crippen LogP contribution in [0.5, 0.6) is 17.2 Å². The molecule has 0 spiro atoms. The van der Waals surface area contributed by atoms with Crippen LogP contribution in [0.15, 0.2) is 59.6 Å². The maximum Gasteiger partial charge on any atom is 0.243 e. The zero-order valence-electron chi connectivity index (χ0n) is 15.7. The van der Waals surface area contributed by atoms with E-state index < -0.39 is 10.0 Å². The summed E-state index contributed by atoms with van der Waals surface area (Å²) in [5.74, 6) is 1.71. The van der Waals surface area contributed by atoms with Crippen LogP contribution in [0, 0.1) is 0 Å². The number of hydrogen-bond acceptors (Lipinski definition) is 6. The van der Waals surface area contributed by atoms with E-state index in [2.05, 4.69) is 4.98 Å². The van der Waals surface area contributed by atoms with Gasteiger partial charge in [-0.05, 0) is 30.7 Å². The van der Waals surface area contributed by atoms with Gasteiger partial charge in [0, 0.05) is 24.2 Å². The summed E-state index contributed by atoms with van der Waals surface area (Å²) < 4.78 is 44.8. The van der Waals surface area contributed by atoms with Crippen LogP contribution in [0.3, 0.4) is 0 Å². The van der Waals surface area contributed by atoms with Crippen molar-refractivity contribution in [3.05, 3.63) is 54.7 Å². The summed E-state index contributed by atoms with van der Waals surface area (Å²) in [6.07, 6.45) is 2.12. The summed E-state index contributed by atoms with van der Waals surface area (Å²) in [5.41, 5.74) is 0.781. The minimum atomic E-state index is -3.64. The molecule has 0 bridgehead atoms. The molecule has 2 aliphatic rings. The fourth-order valence-electron chi connectivity index (χ4n) is 3.70. The van der Waals surface area contributed by atoms with E-state index in [0.717, 1.165) is 10.9 Å². The summed E-state index contributed by atoms with van der Waals surface area (Å²) in [7, 11) is -3.64. The number of rotatable bonds is 4. The Morgan fingerprint density at radius 2 is 1.86 bits per heavy atom. The lowest BCUT2D eigenvalue weighted by Crippen LogP contribution is -2.31. The molecule has 3 aromatic rings. The number of sulfonamides is 1. The van der Waals surface area contributed by atoms with Crippen LogP contribution in [0.4, 0.5) is 0 Å². The molecule has 2 aromatic carbocycles. The van der Waals surface area contributed by atoms with Crippen molar-refractivity contribution in [2.45, 2.75) is 17.4 Å². The van der Waals surface area contributed by atoms with Gasteiger partial charge >= 0.3 is 0 Å². The molecule has 0 unspecified atom stereocenters. The number of ether oxygens (including phenoxy) is 3. The Labute approximate surface area is 168 Å². The van der Waals surface area contributed by atoms with Gasteiger partial charge in [0.1, 0.15) is 30.6 Å². The maximum atomic E-state index is 13.1. The van der Waals surface area contributed by atoms with Crippen LogP contribution in [0.2, 0.25) is 0 Å². The van der Waals surface area contributed by atoms with E-state index in [9.17, 15) is 8.42 Å². The molecule has 0 amide bonds. The van der Waals surface area contributed by atoms with Crippen LogP contribution >= 0.6 is 0 Å². The molecule has 1 saturated heterocycles. The highest BCUT2D eigenvalue weighted by Crippen LogP contribution is 2.34. The number of benzene rings is 2. The van der Waals surface area contributed by atoms with E-state index in [4.69, 9.17) is 14.2 Å². The Morgan fingerprint density at radius 3 is 2.76 bits per heavy atom. The Balaban J connectivity index is 1.35. The summed E-state index contributed by atoms with van der Waals surface area (Å²) >= 11 is 0. The monoisotopic (exact) mass is 412 g/mol. The Kier molecular flexibility index (Phi) is 4.52. The molecule has 2 aliphatic heterocycles. The van der Waals surface area contributed by atoms with E-state index >= 15 is 0 Å². The van der Waals surface area contributed by atoms with Crippen molar-refractivity contribution in [2.75, 3.05) is 26.3 Å². The fraction of sp³-hybridized carbons (Fsp3) is 0.286. The van der Waals surface area contributed by atoms with E-state index in [0.29, 0.717) is 50.0 Å².